The summed E-state index contributed by atoms with van der Waals surface area (Å²) in [6, 6.07) is 0. The zero-order valence-corrected chi connectivity index (χ0v) is 12.6. The summed E-state index contributed by atoms with van der Waals surface area (Å²) in [6.45, 7) is 3.91. The summed E-state index contributed by atoms with van der Waals surface area (Å²) in [7, 11) is 3.15. The van der Waals surface area contributed by atoms with E-state index in [9.17, 15) is 9.59 Å². The molecule has 0 saturated heterocycles. The van der Waals surface area contributed by atoms with Crippen molar-refractivity contribution in [2.75, 3.05) is 67.0 Å². The molecule has 0 heterocycles. The first-order valence-electron chi connectivity index (χ1n) is 6.52. The highest BCUT2D eigenvalue weighted by Crippen LogP contribution is 1.93. The van der Waals surface area contributed by atoms with E-state index in [1.54, 1.807) is 14.2 Å². The fraction of sp³-hybridized carbons (Fsp3) is 0.846. The van der Waals surface area contributed by atoms with Crippen LogP contribution in [0, 0.1) is 0 Å². The number of methoxy groups -OCH3 is 2. The van der Waals surface area contributed by atoms with Gasteiger partial charge in [0.25, 0.3) is 0 Å². The number of hydrogen-bond donors (Lipinski definition) is 0. The lowest BCUT2D eigenvalue weighted by atomic mass is 10.3. The van der Waals surface area contributed by atoms with Crippen molar-refractivity contribution in [1.82, 2.24) is 4.90 Å². The molecule has 0 bridgehead atoms. The van der Waals surface area contributed by atoms with Crippen molar-refractivity contribution in [3.05, 3.63) is 0 Å². The van der Waals surface area contributed by atoms with Crippen molar-refractivity contribution >= 4 is 11.7 Å². The molecule has 0 aliphatic heterocycles. The maximum absolute atomic E-state index is 11.9. The average molecular weight is 291 g/mol. The Morgan fingerprint density at radius 3 is 2.05 bits per heavy atom. The Morgan fingerprint density at radius 2 is 1.50 bits per heavy atom. The molecule has 7 nitrogen and oxygen atoms in total. The quantitative estimate of drug-likeness (QED) is 0.435. The summed E-state index contributed by atoms with van der Waals surface area (Å²) >= 11 is 0. The Kier molecular flexibility index (Phi) is 12.3. The van der Waals surface area contributed by atoms with Crippen LogP contribution in [0.1, 0.15) is 6.92 Å². The van der Waals surface area contributed by atoms with Gasteiger partial charge in [-0.05, 0) is 6.92 Å². The highest BCUT2D eigenvalue weighted by atomic mass is 16.5. The third kappa shape index (κ3) is 10.9. The first-order valence-corrected chi connectivity index (χ1v) is 6.52. The molecule has 0 radical (unpaired) electrons. The second-order valence-electron chi connectivity index (χ2n) is 4.17. The van der Waals surface area contributed by atoms with Crippen LogP contribution in [0.2, 0.25) is 0 Å². The molecule has 20 heavy (non-hydrogen) atoms. The number of Topliss-reactive ketones (excluding diaryl/α,β-unsaturated/α-hetero) is 1. The molecule has 0 N–H and O–H groups in total. The van der Waals surface area contributed by atoms with Gasteiger partial charge < -0.3 is 23.8 Å². The molecule has 0 aromatic carbocycles. The van der Waals surface area contributed by atoms with Gasteiger partial charge in [-0.25, -0.2) is 0 Å². The molecule has 1 amide bonds. The van der Waals surface area contributed by atoms with E-state index < -0.39 is 0 Å². The number of carbonyl (C=O) groups is 2. The van der Waals surface area contributed by atoms with Crippen LogP contribution in [-0.4, -0.2) is 83.5 Å². The normalized spacial score (nSPS) is 10.6. The summed E-state index contributed by atoms with van der Waals surface area (Å²) in [5.41, 5.74) is 0. The van der Waals surface area contributed by atoms with E-state index in [0.29, 0.717) is 39.6 Å². The lowest BCUT2D eigenvalue weighted by Gasteiger charge is -2.21. The molecule has 0 aliphatic rings. The first-order chi connectivity index (χ1) is 9.61. The molecule has 0 fully saturated rings. The van der Waals surface area contributed by atoms with Crippen LogP contribution in [0.15, 0.2) is 0 Å². The number of rotatable bonds is 13. The van der Waals surface area contributed by atoms with Crippen LogP contribution in [0.25, 0.3) is 0 Å². The van der Waals surface area contributed by atoms with Crippen LogP contribution in [0.5, 0.6) is 0 Å². The maximum atomic E-state index is 11.9. The lowest BCUT2D eigenvalue weighted by Crippen LogP contribution is -2.40. The molecule has 0 rings (SSSR count). The van der Waals surface area contributed by atoms with Crippen molar-refractivity contribution in [1.29, 1.82) is 0 Å². The molecular weight excluding hydrogens is 266 g/mol. The van der Waals surface area contributed by atoms with E-state index in [4.69, 9.17) is 18.9 Å². The molecular formula is C13H25NO6. The molecule has 0 unspecified atom stereocenters. The molecule has 0 aromatic heterocycles. The minimum absolute atomic E-state index is 0.0608. The predicted molar refractivity (Wildman–Crippen MR) is 72.7 cm³/mol. The zero-order chi connectivity index (χ0) is 15.2. The van der Waals surface area contributed by atoms with Crippen molar-refractivity contribution in [2.24, 2.45) is 0 Å². The molecule has 0 saturated carbocycles. The van der Waals surface area contributed by atoms with Crippen molar-refractivity contribution in [3.8, 4) is 0 Å². The van der Waals surface area contributed by atoms with Crippen LogP contribution < -0.4 is 0 Å². The molecule has 0 aromatic rings. The van der Waals surface area contributed by atoms with E-state index in [-0.39, 0.29) is 24.8 Å². The summed E-state index contributed by atoms with van der Waals surface area (Å²) in [5, 5.41) is 0. The number of carbonyl (C=O) groups excluding carboxylic acids is 2. The molecule has 7 heteroatoms. The molecule has 0 aliphatic carbocycles. The summed E-state index contributed by atoms with van der Waals surface area (Å²) < 4.78 is 20.1. The standard InChI is InChI=1S/C13H25NO6/c1-12(15)10-14(4-5-19-8-6-17-2)13(16)11-20-9-7-18-3/h4-11H2,1-3H3. The SMILES string of the molecule is COCCOCCN(CC(C)=O)C(=O)COCCOC. The van der Waals surface area contributed by atoms with Gasteiger partial charge >= 0.3 is 0 Å². The zero-order valence-electron chi connectivity index (χ0n) is 12.6. The highest BCUT2D eigenvalue weighted by molar-refractivity contribution is 5.85. The van der Waals surface area contributed by atoms with Gasteiger partial charge in [0.1, 0.15) is 12.4 Å². The van der Waals surface area contributed by atoms with E-state index in [1.807, 2.05) is 0 Å². The van der Waals surface area contributed by atoms with Crippen molar-refractivity contribution in [2.45, 2.75) is 6.92 Å². The van der Waals surface area contributed by atoms with Gasteiger partial charge in [0.05, 0.1) is 39.6 Å². The number of hydrogen-bond acceptors (Lipinski definition) is 6. The van der Waals surface area contributed by atoms with Gasteiger partial charge in [-0.3, -0.25) is 9.59 Å². The van der Waals surface area contributed by atoms with Crippen LogP contribution >= 0.6 is 0 Å². The minimum Gasteiger partial charge on any atom is -0.382 e. The smallest absolute Gasteiger partial charge is 0.249 e. The number of amides is 1. The van der Waals surface area contributed by atoms with Gasteiger partial charge in [0.15, 0.2) is 0 Å². The molecule has 0 atom stereocenters. The number of ether oxygens (including phenoxy) is 4. The van der Waals surface area contributed by atoms with E-state index in [2.05, 4.69) is 0 Å². The number of ketones is 1. The Hall–Kier alpha value is -1.02. The monoisotopic (exact) mass is 291 g/mol. The van der Waals surface area contributed by atoms with Crippen molar-refractivity contribution in [3.63, 3.8) is 0 Å². The molecule has 118 valence electrons. The Morgan fingerprint density at radius 1 is 0.900 bits per heavy atom. The van der Waals surface area contributed by atoms with Crippen LogP contribution in [-0.2, 0) is 28.5 Å². The first kappa shape index (κ1) is 19.0. The Balaban J connectivity index is 3.98. The van der Waals surface area contributed by atoms with E-state index >= 15 is 0 Å². The third-order valence-corrected chi connectivity index (χ3v) is 2.36. The predicted octanol–water partition coefficient (Wildman–Crippen LogP) is -0.270. The molecule has 0 spiro atoms. The fourth-order valence-corrected chi connectivity index (χ4v) is 1.37. The van der Waals surface area contributed by atoms with Gasteiger partial charge in [-0.1, -0.05) is 0 Å². The number of nitrogens with zero attached hydrogens (tertiary/aromatic N) is 1. The second kappa shape index (κ2) is 13.0. The topological polar surface area (TPSA) is 74.3 Å². The summed E-state index contributed by atoms with van der Waals surface area (Å²) in [5.74, 6) is -0.307. The van der Waals surface area contributed by atoms with E-state index in [0.717, 1.165) is 0 Å². The average Bonchev–Trinajstić information content (AvgIpc) is 2.41. The Labute approximate surface area is 120 Å². The van der Waals surface area contributed by atoms with Crippen molar-refractivity contribution < 1.29 is 28.5 Å². The Bertz CT molecular complexity index is 272. The second-order valence-corrected chi connectivity index (χ2v) is 4.17. The van der Waals surface area contributed by atoms with Gasteiger partial charge in [-0.15, -0.1) is 0 Å². The lowest BCUT2D eigenvalue weighted by molar-refractivity contribution is -0.140. The van der Waals surface area contributed by atoms with Crippen LogP contribution in [0.3, 0.4) is 0 Å². The largest absolute Gasteiger partial charge is 0.382 e. The summed E-state index contributed by atoms with van der Waals surface area (Å²) in [6.07, 6.45) is 0. The van der Waals surface area contributed by atoms with Gasteiger partial charge in [-0.2, -0.15) is 0 Å². The maximum Gasteiger partial charge on any atom is 0.249 e. The fourth-order valence-electron chi connectivity index (χ4n) is 1.37. The van der Waals surface area contributed by atoms with Gasteiger partial charge in [0.2, 0.25) is 5.91 Å². The highest BCUT2D eigenvalue weighted by Gasteiger charge is 2.15. The van der Waals surface area contributed by atoms with E-state index in [1.165, 1.54) is 11.8 Å². The summed E-state index contributed by atoms with van der Waals surface area (Å²) in [4.78, 5) is 24.5. The minimum atomic E-state index is -0.230. The van der Waals surface area contributed by atoms with Crippen LogP contribution in [0.4, 0.5) is 0 Å². The third-order valence-electron chi connectivity index (χ3n) is 2.36. The van der Waals surface area contributed by atoms with Gasteiger partial charge in [0, 0.05) is 20.8 Å².